The van der Waals surface area contributed by atoms with E-state index in [0.717, 1.165) is 11.1 Å². The lowest BCUT2D eigenvalue weighted by Crippen LogP contribution is -2.48. The number of benzene rings is 1. The Hall–Kier alpha value is -2.56. The van der Waals surface area contributed by atoms with E-state index in [1.165, 1.54) is 20.2 Å². The molecule has 0 radical (unpaired) electrons. The number of aromatic nitrogens is 4. The first-order valence-corrected chi connectivity index (χ1v) is 13.3. The summed E-state index contributed by atoms with van der Waals surface area (Å²) in [5.74, 6) is -0.854. The van der Waals surface area contributed by atoms with Crippen LogP contribution in [-0.2, 0) is 20.6 Å². The fourth-order valence-corrected chi connectivity index (χ4v) is 6.36. The molecule has 0 fully saturated rings. The first-order chi connectivity index (χ1) is 16.3. The number of nitrogens with two attached hydrogens (primary N) is 1. The molecule has 13 heteroatoms. The molecule has 0 aliphatic heterocycles. The van der Waals surface area contributed by atoms with Gasteiger partial charge >= 0.3 is 5.97 Å². The summed E-state index contributed by atoms with van der Waals surface area (Å²) in [6, 6.07) is 5.06. The Morgan fingerprint density at radius 2 is 2.03 bits per heavy atom. The van der Waals surface area contributed by atoms with Crippen molar-refractivity contribution in [1.82, 2.24) is 29.7 Å². The van der Waals surface area contributed by atoms with Crippen molar-refractivity contribution in [2.24, 2.45) is 0 Å². The maximum atomic E-state index is 14.0. The summed E-state index contributed by atoms with van der Waals surface area (Å²) in [6.45, 7) is 8.84. The van der Waals surface area contributed by atoms with Gasteiger partial charge in [-0.2, -0.15) is 0 Å². The maximum absolute atomic E-state index is 14.0. The highest BCUT2D eigenvalue weighted by atomic mass is 35.5. The number of nitrogens with one attached hydrogen (secondary N) is 2. The molecule has 0 amide bonds. The Labute approximate surface area is 208 Å². The molecule has 3 atom stereocenters. The Bertz CT molecular complexity index is 1270. The second-order valence-electron chi connectivity index (χ2n) is 9.07. The molecule has 3 rings (SSSR count). The van der Waals surface area contributed by atoms with Crippen LogP contribution in [0.25, 0.3) is 11.2 Å². The molecular formula is C22H31ClN7O4P. The molecule has 0 aliphatic rings. The monoisotopic (exact) mass is 523 g/mol. The second kappa shape index (κ2) is 10.6. The van der Waals surface area contributed by atoms with Gasteiger partial charge in [-0.05, 0) is 57.9 Å². The van der Waals surface area contributed by atoms with Gasteiger partial charge in [-0.1, -0.05) is 17.7 Å². The number of aryl methyl sites for hydroxylation is 1. The largest absolute Gasteiger partial charge is 0.480 e. The van der Waals surface area contributed by atoms with E-state index in [9.17, 15) is 14.5 Å². The van der Waals surface area contributed by atoms with Crippen molar-refractivity contribution in [3.8, 4) is 0 Å². The second-order valence-corrected chi connectivity index (χ2v) is 11.7. The number of imidazole rings is 1. The van der Waals surface area contributed by atoms with E-state index in [4.69, 9.17) is 22.1 Å². The minimum Gasteiger partial charge on any atom is -0.480 e. The molecule has 5 N–H and O–H groups in total. The van der Waals surface area contributed by atoms with E-state index >= 15 is 0 Å². The van der Waals surface area contributed by atoms with Gasteiger partial charge in [0.2, 0.25) is 7.44 Å². The molecule has 0 bridgehead atoms. The average Bonchev–Trinajstić information content (AvgIpc) is 3.15. The highest BCUT2D eigenvalue weighted by Crippen LogP contribution is 2.42. The fourth-order valence-electron chi connectivity index (χ4n) is 3.70. The third kappa shape index (κ3) is 6.56. The molecule has 35 heavy (non-hydrogen) atoms. The first kappa shape index (κ1) is 27.0. The summed E-state index contributed by atoms with van der Waals surface area (Å²) >= 11 is 6.07. The van der Waals surface area contributed by atoms with Gasteiger partial charge in [0.25, 0.3) is 0 Å². The highest BCUT2D eigenvalue weighted by Gasteiger charge is 2.37. The molecule has 0 saturated carbocycles. The zero-order valence-corrected chi connectivity index (χ0v) is 22.0. The molecule has 0 saturated heterocycles. The zero-order chi connectivity index (χ0) is 26.0. The molecule has 3 aromatic rings. The van der Waals surface area contributed by atoms with Crippen LogP contribution in [0.1, 0.15) is 44.9 Å². The van der Waals surface area contributed by atoms with E-state index in [2.05, 4.69) is 25.1 Å². The normalized spacial score (nSPS) is 15.6. The number of nitrogens with zero attached hydrogens (tertiary/aromatic N) is 4. The molecular weight excluding hydrogens is 493 g/mol. The Morgan fingerprint density at radius 1 is 1.31 bits per heavy atom. The van der Waals surface area contributed by atoms with Crippen LogP contribution in [0.2, 0.25) is 5.02 Å². The minimum absolute atomic E-state index is 0.244. The number of aliphatic carboxylic acids is 1. The lowest BCUT2D eigenvalue weighted by molar-refractivity contribution is -0.142. The minimum atomic E-state index is -3.55. The van der Waals surface area contributed by atoms with Gasteiger partial charge in [0, 0.05) is 11.1 Å². The summed E-state index contributed by atoms with van der Waals surface area (Å²) in [5.41, 5.74) is 7.25. The lowest BCUT2D eigenvalue weighted by Gasteiger charge is -2.32. The van der Waals surface area contributed by atoms with Gasteiger partial charge in [-0.25, -0.2) is 25.1 Å². The van der Waals surface area contributed by atoms with Gasteiger partial charge in [0.05, 0.1) is 19.0 Å². The number of fused-ring (bicyclic) bond motifs is 1. The van der Waals surface area contributed by atoms with Crippen LogP contribution in [0, 0.1) is 6.92 Å². The zero-order valence-electron chi connectivity index (χ0n) is 20.3. The Balaban J connectivity index is 1.77. The molecule has 1 aromatic carbocycles. The Morgan fingerprint density at radius 3 is 2.69 bits per heavy atom. The predicted octanol–water partition coefficient (Wildman–Crippen LogP) is 3.73. The van der Waals surface area contributed by atoms with Crippen molar-refractivity contribution in [3.05, 3.63) is 47.0 Å². The number of carboxylic acids is 1. The third-order valence-electron chi connectivity index (χ3n) is 5.52. The number of halogens is 1. The van der Waals surface area contributed by atoms with Crippen molar-refractivity contribution < 1.29 is 19.2 Å². The fraction of sp³-hybridized carbons (Fsp3) is 0.455. The van der Waals surface area contributed by atoms with Gasteiger partial charge in [-0.15, -0.1) is 0 Å². The van der Waals surface area contributed by atoms with Gasteiger partial charge < -0.3 is 20.1 Å². The summed E-state index contributed by atoms with van der Waals surface area (Å²) < 4.78 is 21.7. The number of nitrogen functional groups attached to an aromatic ring is 1. The highest BCUT2D eigenvalue weighted by molar-refractivity contribution is 7.59. The standard InChI is InChI=1S/C22H31ClN7O4P/c1-13-8-16(23)6-7-17(13)15(3)28-35(33,29-22(4,5)21(31)32)12-34-14(2)9-30-11-27-18-19(24)25-10-26-20(18)30/h6-8,10-11,14-15H,9,12H2,1-5H3,(H,31,32)(H2,24,25,26)(H2,28,29,33)/t14-,15+,35?/m0/s1. The molecule has 0 spiro atoms. The van der Waals surface area contributed by atoms with Crippen LogP contribution < -0.4 is 15.9 Å². The van der Waals surface area contributed by atoms with E-state index in [-0.39, 0.29) is 18.2 Å². The van der Waals surface area contributed by atoms with E-state index < -0.39 is 25.1 Å². The number of rotatable bonds is 11. The quantitative estimate of drug-likeness (QED) is 0.273. The van der Waals surface area contributed by atoms with Gasteiger partial charge in [0.15, 0.2) is 11.5 Å². The van der Waals surface area contributed by atoms with Crippen molar-refractivity contribution in [2.75, 3.05) is 12.1 Å². The van der Waals surface area contributed by atoms with Crippen molar-refractivity contribution >= 4 is 42.0 Å². The van der Waals surface area contributed by atoms with Crippen LogP contribution in [0.3, 0.4) is 0 Å². The Kier molecular flexibility index (Phi) is 8.18. The molecule has 0 aliphatic carbocycles. The molecule has 190 valence electrons. The van der Waals surface area contributed by atoms with Crippen LogP contribution >= 0.6 is 19.0 Å². The smallest absolute Gasteiger partial charge is 0.323 e. The van der Waals surface area contributed by atoms with Crippen LogP contribution in [0.5, 0.6) is 0 Å². The first-order valence-electron chi connectivity index (χ1n) is 11.0. The number of hydrogen-bond donors (Lipinski definition) is 4. The summed E-state index contributed by atoms with van der Waals surface area (Å²) in [7, 11) is -3.55. The molecule has 1 unspecified atom stereocenters. The molecule has 11 nitrogen and oxygen atoms in total. The van der Waals surface area contributed by atoms with E-state index in [1.807, 2.05) is 32.9 Å². The number of carbonyl (C=O) groups is 1. The van der Waals surface area contributed by atoms with Crippen molar-refractivity contribution in [2.45, 2.75) is 58.8 Å². The topological polar surface area (TPSA) is 157 Å². The van der Waals surface area contributed by atoms with E-state index in [1.54, 1.807) is 17.0 Å². The van der Waals surface area contributed by atoms with Crippen LogP contribution in [0.4, 0.5) is 5.82 Å². The van der Waals surface area contributed by atoms with E-state index in [0.29, 0.717) is 22.7 Å². The summed E-state index contributed by atoms with van der Waals surface area (Å²) in [5, 5.41) is 16.1. The SMILES string of the molecule is Cc1cc(Cl)ccc1[C@@H](C)NP(=O)(CO[C@@H](C)Cn1cnc2c(N)ncnc21)NC(C)(C)C(=O)O. The number of hydrogen-bond acceptors (Lipinski definition) is 7. The number of carboxylic acid groups (broad SMARTS) is 1. The average molecular weight is 524 g/mol. The van der Waals surface area contributed by atoms with Crippen LogP contribution in [0.15, 0.2) is 30.9 Å². The van der Waals surface area contributed by atoms with Gasteiger partial charge in [0.1, 0.15) is 23.7 Å². The number of ether oxygens (including phenoxy) is 1. The lowest BCUT2D eigenvalue weighted by atomic mass is 10.0. The summed E-state index contributed by atoms with van der Waals surface area (Å²) in [4.78, 5) is 24.1. The third-order valence-corrected chi connectivity index (χ3v) is 7.99. The van der Waals surface area contributed by atoms with Crippen molar-refractivity contribution in [3.63, 3.8) is 0 Å². The van der Waals surface area contributed by atoms with Crippen LogP contribution in [-0.4, -0.2) is 48.6 Å². The van der Waals surface area contributed by atoms with Gasteiger partial charge in [-0.3, -0.25) is 9.36 Å². The molecule has 2 aromatic heterocycles. The number of anilines is 1. The predicted molar refractivity (Wildman–Crippen MR) is 135 cm³/mol. The maximum Gasteiger partial charge on any atom is 0.323 e. The van der Waals surface area contributed by atoms with Crippen molar-refractivity contribution in [1.29, 1.82) is 0 Å². The molecule has 2 heterocycles. The summed E-state index contributed by atoms with van der Waals surface area (Å²) in [6.07, 6.45) is 2.30.